The van der Waals surface area contributed by atoms with Crippen LogP contribution in [-0.2, 0) is 9.53 Å². The second-order valence-electron chi connectivity index (χ2n) is 8.49. The van der Waals surface area contributed by atoms with Gasteiger partial charge in [0.15, 0.2) is 0 Å². The van der Waals surface area contributed by atoms with Gasteiger partial charge in [-0.1, -0.05) is 18.2 Å². The van der Waals surface area contributed by atoms with Crippen LogP contribution in [0, 0.1) is 0 Å². The number of nitrogens with zero attached hydrogens (tertiary/aromatic N) is 2. The Morgan fingerprint density at radius 3 is 2.42 bits per heavy atom. The van der Waals surface area contributed by atoms with Crippen LogP contribution in [0.1, 0.15) is 44.0 Å². The maximum atomic E-state index is 12.4. The van der Waals surface area contributed by atoms with E-state index in [-0.39, 0.29) is 17.6 Å². The van der Waals surface area contributed by atoms with Gasteiger partial charge in [0.25, 0.3) is 12.4 Å². The predicted molar refractivity (Wildman–Crippen MR) is 121 cm³/mol. The molecule has 164 valence electrons. The minimum Gasteiger partial charge on any atom is -0.462 e. The third kappa shape index (κ3) is 6.39. The van der Waals surface area contributed by atoms with E-state index in [1.54, 1.807) is 0 Å². The Labute approximate surface area is 182 Å². The standard InChI is InChI=1S/C19H20N4O.C5H10O2/c24-19(22-16-9-11-20-12-10-16)14-5-7-17(8-6-14)23-18-4-2-1-3-15(18)13-21-23;1-5(2,3)7-4-6/h1-8,13,16,20H,9-12H2,(H,22,24);4H,1-3H3. The summed E-state index contributed by atoms with van der Waals surface area (Å²) in [6, 6.07) is 16.0. The smallest absolute Gasteiger partial charge is 0.293 e. The van der Waals surface area contributed by atoms with Crippen LogP contribution < -0.4 is 10.6 Å². The van der Waals surface area contributed by atoms with Crippen LogP contribution in [0.2, 0.25) is 0 Å². The zero-order valence-corrected chi connectivity index (χ0v) is 18.3. The first-order chi connectivity index (χ1) is 14.9. The lowest BCUT2D eigenvalue weighted by molar-refractivity contribution is -0.138. The molecule has 1 fully saturated rings. The molecule has 0 bridgehead atoms. The Balaban J connectivity index is 0.000000339. The van der Waals surface area contributed by atoms with Crippen molar-refractivity contribution in [2.45, 2.75) is 45.3 Å². The van der Waals surface area contributed by atoms with Crippen molar-refractivity contribution < 1.29 is 14.3 Å². The average Bonchev–Trinajstić information content (AvgIpc) is 3.18. The fourth-order valence-corrected chi connectivity index (χ4v) is 3.31. The number of amides is 1. The molecule has 7 heteroatoms. The Hall–Kier alpha value is -3.19. The Bertz CT molecular complexity index is 1000. The molecule has 4 rings (SSSR count). The van der Waals surface area contributed by atoms with Crippen LogP contribution in [0.5, 0.6) is 0 Å². The lowest BCUT2D eigenvalue weighted by Crippen LogP contribution is -2.42. The van der Waals surface area contributed by atoms with Crippen LogP contribution in [-0.4, -0.2) is 46.9 Å². The van der Waals surface area contributed by atoms with Gasteiger partial charge in [0.1, 0.15) is 5.60 Å². The van der Waals surface area contributed by atoms with Crippen molar-refractivity contribution in [2.24, 2.45) is 0 Å². The van der Waals surface area contributed by atoms with Gasteiger partial charge in [0.2, 0.25) is 0 Å². The third-order valence-corrected chi connectivity index (χ3v) is 4.93. The molecule has 1 saturated heterocycles. The summed E-state index contributed by atoms with van der Waals surface area (Å²) in [6.45, 7) is 7.86. The zero-order valence-electron chi connectivity index (χ0n) is 18.3. The zero-order chi connectivity index (χ0) is 22.3. The highest BCUT2D eigenvalue weighted by atomic mass is 16.5. The first kappa shape index (κ1) is 22.5. The summed E-state index contributed by atoms with van der Waals surface area (Å²) >= 11 is 0. The van der Waals surface area contributed by atoms with Crippen LogP contribution in [0.15, 0.2) is 54.7 Å². The average molecular weight is 423 g/mol. The second-order valence-corrected chi connectivity index (χ2v) is 8.49. The lowest BCUT2D eigenvalue weighted by Gasteiger charge is -2.23. The predicted octanol–water partition coefficient (Wildman–Crippen LogP) is 3.47. The normalized spacial score (nSPS) is 14.4. The van der Waals surface area contributed by atoms with E-state index in [0.29, 0.717) is 12.0 Å². The third-order valence-electron chi connectivity index (χ3n) is 4.93. The van der Waals surface area contributed by atoms with Gasteiger partial charge in [-0.25, -0.2) is 4.68 Å². The molecule has 2 heterocycles. The summed E-state index contributed by atoms with van der Waals surface area (Å²) in [5.74, 6) is -0.00114. The SMILES string of the molecule is CC(C)(C)OC=O.O=C(NC1CCNCC1)c1ccc(-n2ncc3ccccc32)cc1. The van der Waals surface area contributed by atoms with Gasteiger partial charge in [0.05, 0.1) is 17.4 Å². The van der Waals surface area contributed by atoms with E-state index in [0.717, 1.165) is 42.5 Å². The van der Waals surface area contributed by atoms with E-state index in [1.165, 1.54) is 0 Å². The van der Waals surface area contributed by atoms with Crippen LogP contribution in [0.3, 0.4) is 0 Å². The first-order valence-electron chi connectivity index (χ1n) is 10.5. The highest BCUT2D eigenvalue weighted by molar-refractivity contribution is 5.94. The highest BCUT2D eigenvalue weighted by Gasteiger charge is 2.16. The Kier molecular flexibility index (Phi) is 7.41. The number of nitrogens with one attached hydrogen (secondary N) is 2. The highest BCUT2D eigenvalue weighted by Crippen LogP contribution is 2.18. The number of ether oxygens (including phenoxy) is 1. The summed E-state index contributed by atoms with van der Waals surface area (Å²) in [7, 11) is 0. The molecule has 3 aromatic rings. The number of benzene rings is 2. The minimum atomic E-state index is -0.318. The molecule has 31 heavy (non-hydrogen) atoms. The number of aromatic nitrogens is 2. The number of fused-ring (bicyclic) bond motifs is 1. The molecule has 1 amide bonds. The number of rotatable bonds is 4. The summed E-state index contributed by atoms with van der Waals surface area (Å²) in [5.41, 5.74) is 2.38. The van der Waals surface area contributed by atoms with Gasteiger partial charge in [-0.15, -0.1) is 0 Å². The summed E-state index contributed by atoms with van der Waals surface area (Å²) in [6.07, 6.45) is 3.83. The van der Waals surface area contributed by atoms with E-state index in [9.17, 15) is 9.59 Å². The van der Waals surface area contributed by atoms with Gasteiger partial charge < -0.3 is 15.4 Å². The van der Waals surface area contributed by atoms with Crippen molar-refractivity contribution in [1.29, 1.82) is 0 Å². The topological polar surface area (TPSA) is 85.3 Å². The molecule has 2 N–H and O–H groups in total. The van der Waals surface area contributed by atoms with Crippen LogP contribution in [0.25, 0.3) is 16.6 Å². The molecule has 7 nitrogen and oxygen atoms in total. The van der Waals surface area contributed by atoms with E-state index in [2.05, 4.69) is 20.5 Å². The summed E-state index contributed by atoms with van der Waals surface area (Å²) in [4.78, 5) is 22.0. The molecule has 1 aromatic heterocycles. The molecular formula is C24H30N4O3. The van der Waals surface area contributed by atoms with Gasteiger partial charge in [0, 0.05) is 17.0 Å². The minimum absolute atomic E-state index is 0.00114. The van der Waals surface area contributed by atoms with Gasteiger partial charge in [-0.3, -0.25) is 9.59 Å². The molecule has 0 radical (unpaired) electrons. The molecule has 0 aliphatic carbocycles. The van der Waals surface area contributed by atoms with Gasteiger partial charge in [-0.2, -0.15) is 5.10 Å². The maximum Gasteiger partial charge on any atom is 0.293 e. The molecule has 1 aliphatic rings. The van der Waals surface area contributed by atoms with Crippen molar-refractivity contribution in [3.8, 4) is 5.69 Å². The molecule has 2 aromatic carbocycles. The lowest BCUT2D eigenvalue weighted by atomic mass is 10.1. The number of para-hydroxylation sites is 1. The van der Waals surface area contributed by atoms with Gasteiger partial charge >= 0.3 is 0 Å². The number of piperidine rings is 1. The Morgan fingerprint density at radius 2 is 1.81 bits per heavy atom. The molecule has 0 unspecified atom stereocenters. The fraction of sp³-hybridized carbons (Fsp3) is 0.375. The summed E-state index contributed by atoms with van der Waals surface area (Å²) < 4.78 is 6.44. The first-order valence-corrected chi connectivity index (χ1v) is 10.5. The van der Waals surface area contributed by atoms with E-state index in [4.69, 9.17) is 0 Å². The largest absolute Gasteiger partial charge is 0.462 e. The van der Waals surface area contributed by atoms with Crippen molar-refractivity contribution in [3.63, 3.8) is 0 Å². The maximum absolute atomic E-state index is 12.4. The molecule has 0 saturated carbocycles. The summed E-state index contributed by atoms with van der Waals surface area (Å²) in [5, 5.41) is 12.0. The van der Waals surface area contributed by atoms with E-state index >= 15 is 0 Å². The monoisotopic (exact) mass is 422 g/mol. The van der Waals surface area contributed by atoms with Gasteiger partial charge in [-0.05, 0) is 77.0 Å². The Morgan fingerprint density at radius 1 is 1.13 bits per heavy atom. The molecule has 1 aliphatic heterocycles. The van der Waals surface area contributed by atoms with Crippen molar-refractivity contribution in [1.82, 2.24) is 20.4 Å². The molecule has 0 spiro atoms. The number of hydrogen-bond acceptors (Lipinski definition) is 5. The molecule has 0 atom stereocenters. The van der Waals surface area contributed by atoms with Crippen molar-refractivity contribution in [3.05, 3.63) is 60.3 Å². The molecular weight excluding hydrogens is 392 g/mol. The van der Waals surface area contributed by atoms with Crippen molar-refractivity contribution >= 4 is 23.3 Å². The quantitative estimate of drug-likeness (QED) is 0.629. The number of carbonyl (C=O) groups is 2. The number of hydrogen-bond donors (Lipinski definition) is 2. The number of carbonyl (C=O) groups excluding carboxylic acids is 2. The van der Waals surface area contributed by atoms with E-state index < -0.39 is 0 Å². The fourth-order valence-electron chi connectivity index (χ4n) is 3.31. The van der Waals surface area contributed by atoms with Crippen molar-refractivity contribution in [2.75, 3.05) is 13.1 Å². The second kappa shape index (κ2) is 10.2. The van der Waals surface area contributed by atoms with E-state index in [1.807, 2.05) is 80.2 Å². The van der Waals surface area contributed by atoms with Crippen LogP contribution in [0.4, 0.5) is 0 Å². The van der Waals surface area contributed by atoms with Crippen LogP contribution >= 0.6 is 0 Å².